The molecule has 1 fully saturated rings. The molecule has 41 heavy (non-hydrogen) atoms. The maximum absolute atomic E-state index is 13.9. The van der Waals surface area contributed by atoms with Crippen molar-refractivity contribution in [2.45, 2.75) is 90.9 Å². The number of aliphatic carboxylic acids is 1. The number of hydrogen-bond donors (Lipinski definition) is 1. The average Bonchev–Trinajstić information content (AvgIpc) is 3.35. The Bertz CT molecular complexity index is 1300. The number of carbonyl (C=O) groups is 2. The zero-order valence-electron chi connectivity index (χ0n) is 25.4. The summed E-state index contributed by atoms with van der Waals surface area (Å²) in [5, 5.41) is 9.62. The normalized spacial score (nSPS) is 22.5. The molecule has 9 heteroatoms. The number of carbonyl (C=O) groups excluding carboxylic acids is 1. The molecule has 1 saturated heterocycles. The third kappa shape index (κ3) is 7.07. The van der Waals surface area contributed by atoms with Crippen LogP contribution < -0.4 is 0 Å². The van der Waals surface area contributed by atoms with Crippen LogP contribution in [-0.2, 0) is 16.8 Å². The van der Waals surface area contributed by atoms with Crippen molar-refractivity contribution < 1.29 is 14.7 Å². The maximum Gasteiger partial charge on any atom is 0.307 e. The highest BCUT2D eigenvalue weighted by molar-refractivity contribution is 7.13. The van der Waals surface area contributed by atoms with Crippen molar-refractivity contribution in [1.82, 2.24) is 19.7 Å². The van der Waals surface area contributed by atoms with Crippen molar-refractivity contribution >= 4 is 29.4 Å². The number of carboxylic acids is 1. The van der Waals surface area contributed by atoms with E-state index in [1.54, 1.807) is 6.21 Å². The Morgan fingerprint density at radius 2 is 1.95 bits per heavy atom. The predicted octanol–water partition coefficient (Wildman–Crippen LogP) is 5.79. The first kappa shape index (κ1) is 30.9. The lowest BCUT2D eigenvalue weighted by Crippen LogP contribution is -2.62. The molecule has 0 bridgehead atoms. The molecule has 0 spiro atoms. The van der Waals surface area contributed by atoms with Crippen LogP contribution in [0, 0.1) is 0 Å². The van der Waals surface area contributed by atoms with Crippen LogP contribution in [0.15, 0.2) is 52.7 Å². The first-order chi connectivity index (χ1) is 19.3. The summed E-state index contributed by atoms with van der Waals surface area (Å²) in [6, 6.07) is 0. The number of carboxylic acid groups (broad SMARTS) is 1. The van der Waals surface area contributed by atoms with E-state index in [2.05, 4.69) is 81.1 Å². The lowest BCUT2D eigenvalue weighted by molar-refractivity contribution is -0.136. The fourth-order valence-electron chi connectivity index (χ4n) is 5.86. The van der Waals surface area contributed by atoms with Gasteiger partial charge in [-0.3, -0.25) is 19.5 Å². The largest absolute Gasteiger partial charge is 0.481 e. The molecule has 3 aliphatic heterocycles. The Kier molecular flexibility index (Phi) is 9.39. The molecule has 0 radical (unpaired) electrons. The molecule has 4 rings (SSSR count). The van der Waals surface area contributed by atoms with E-state index in [-0.39, 0.29) is 23.9 Å². The molecule has 1 aromatic rings. The molecule has 0 aliphatic carbocycles. The SMILES string of the molecule is C=C(/C=C(\C=C/CC)N1Cc2sc(C(=O)N3CCN(C4CC=C(CC(=O)O)C=N4)CC3(C)C)nc2C(C)(C)C1)CC. The van der Waals surface area contributed by atoms with E-state index < -0.39 is 11.5 Å². The molecule has 8 nitrogen and oxygen atoms in total. The van der Waals surface area contributed by atoms with E-state index in [0.717, 1.165) is 53.3 Å². The first-order valence-electron chi connectivity index (χ1n) is 14.7. The van der Waals surface area contributed by atoms with E-state index in [9.17, 15) is 9.59 Å². The minimum Gasteiger partial charge on any atom is -0.481 e. The Hall–Kier alpha value is -3.04. The number of piperazine rings is 1. The van der Waals surface area contributed by atoms with Gasteiger partial charge < -0.3 is 14.9 Å². The van der Waals surface area contributed by atoms with Gasteiger partial charge in [0, 0.05) is 54.8 Å². The number of fused-ring (bicyclic) bond motifs is 1. The molecule has 1 N–H and O–H groups in total. The second-order valence-corrected chi connectivity index (χ2v) is 13.6. The molecule has 4 heterocycles. The van der Waals surface area contributed by atoms with Gasteiger partial charge in [0.2, 0.25) is 0 Å². The van der Waals surface area contributed by atoms with Gasteiger partial charge in [-0.25, -0.2) is 4.98 Å². The topological polar surface area (TPSA) is 89.3 Å². The first-order valence-corrected chi connectivity index (χ1v) is 15.5. The van der Waals surface area contributed by atoms with Crippen LogP contribution in [0.25, 0.3) is 0 Å². The third-order valence-electron chi connectivity index (χ3n) is 8.09. The molecule has 1 unspecified atom stereocenters. The van der Waals surface area contributed by atoms with Crippen LogP contribution in [-0.4, -0.2) is 80.8 Å². The Morgan fingerprint density at radius 3 is 2.56 bits per heavy atom. The predicted molar refractivity (Wildman–Crippen MR) is 166 cm³/mol. The summed E-state index contributed by atoms with van der Waals surface area (Å²) in [7, 11) is 0. The van der Waals surface area contributed by atoms with Crippen LogP contribution in [0.4, 0.5) is 0 Å². The molecule has 1 aromatic heterocycles. The van der Waals surface area contributed by atoms with Gasteiger partial charge in [-0.2, -0.15) is 0 Å². The summed E-state index contributed by atoms with van der Waals surface area (Å²) in [5.74, 6) is -0.852. The van der Waals surface area contributed by atoms with E-state index in [1.807, 2.05) is 11.0 Å². The molecule has 0 saturated carbocycles. The fraction of sp³-hybridized carbons (Fsp3) is 0.562. The molecular weight excluding hydrogens is 534 g/mol. The Balaban J connectivity index is 1.49. The third-order valence-corrected chi connectivity index (χ3v) is 9.12. The number of aromatic nitrogens is 1. The van der Waals surface area contributed by atoms with Gasteiger partial charge >= 0.3 is 5.97 Å². The molecule has 1 amide bonds. The van der Waals surface area contributed by atoms with Crippen molar-refractivity contribution in [3.05, 3.63) is 63.3 Å². The van der Waals surface area contributed by atoms with Crippen molar-refractivity contribution in [1.29, 1.82) is 0 Å². The number of dihydropyridines is 1. The van der Waals surface area contributed by atoms with Crippen LogP contribution in [0.3, 0.4) is 0 Å². The van der Waals surface area contributed by atoms with Crippen molar-refractivity contribution in [3.63, 3.8) is 0 Å². The van der Waals surface area contributed by atoms with E-state index >= 15 is 0 Å². The number of allylic oxidation sites excluding steroid dienone is 4. The summed E-state index contributed by atoms with van der Waals surface area (Å²) in [4.78, 5) is 42.4. The van der Waals surface area contributed by atoms with Gasteiger partial charge in [-0.15, -0.1) is 11.3 Å². The Labute approximate surface area is 248 Å². The number of rotatable bonds is 9. The van der Waals surface area contributed by atoms with E-state index in [4.69, 9.17) is 10.1 Å². The second kappa shape index (κ2) is 12.4. The highest BCUT2D eigenvalue weighted by Crippen LogP contribution is 2.39. The zero-order valence-corrected chi connectivity index (χ0v) is 26.3. The Morgan fingerprint density at radius 1 is 1.20 bits per heavy atom. The van der Waals surface area contributed by atoms with Crippen molar-refractivity contribution in [2.24, 2.45) is 4.99 Å². The summed E-state index contributed by atoms with van der Waals surface area (Å²) in [5.41, 5.74) is 3.44. The number of aliphatic imine (C=N–C) groups is 1. The lowest BCUT2D eigenvalue weighted by atomic mass is 9.84. The van der Waals surface area contributed by atoms with Crippen LogP contribution in [0.5, 0.6) is 0 Å². The zero-order chi connectivity index (χ0) is 29.9. The number of hydrogen-bond acceptors (Lipinski definition) is 7. The van der Waals surface area contributed by atoms with Gasteiger partial charge in [0.05, 0.1) is 24.2 Å². The van der Waals surface area contributed by atoms with E-state index in [0.29, 0.717) is 31.1 Å². The quantitative estimate of drug-likeness (QED) is 0.373. The summed E-state index contributed by atoms with van der Waals surface area (Å²) >= 11 is 1.53. The van der Waals surface area contributed by atoms with Gasteiger partial charge in [-0.05, 0) is 44.4 Å². The van der Waals surface area contributed by atoms with E-state index in [1.165, 1.54) is 11.3 Å². The van der Waals surface area contributed by atoms with Crippen molar-refractivity contribution in [2.75, 3.05) is 26.2 Å². The molecule has 3 aliphatic rings. The summed E-state index contributed by atoms with van der Waals surface area (Å²) in [6.07, 6.45) is 12.7. The van der Waals surface area contributed by atoms with Crippen LogP contribution in [0.2, 0.25) is 0 Å². The number of thiazole rings is 1. The molecular formula is C32H45N5O3S. The van der Waals surface area contributed by atoms with Crippen molar-refractivity contribution in [3.8, 4) is 0 Å². The smallest absolute Gasteiger partial charge is 0.307 e. The van der Waals surface area contributed by atoms with Gasteiger partial charge in [-0.1, -0.05) is 52.0 Å². The number of amides is 1. The highest BCUT2D eigenvalue weighted by Gasteiger charge is 2.42. The molecule has 222 valence electrons. The van der Waals surface area contributed by atoms with Gasteiger partial charge in [0.25, 0.3) is 5.91 Å². The summed E-state index contributed by atoms with van der Waals surface area (Å²) in [6.45, 7) is 20.6. The fourth-order valence-corrected chi connectivity index (χ4v) is 7.07. The lowest BCUT2D eigenvalue weighted by Gasteiger charge is -2.48. The van der Waals surface area contributed by atoms with Crippen LogP contribution in [0.1, 0.15) is 87.6 Å². The standard InChI is InChI=1S/C32H45N5O3S/c1-8-10-11-24(16-22(3)9-2)36-19-25-28(31(4,5)20-36)34-29(41-25)30(40)37-15-14-35(21-32(37,6)7)26-13-12-23(18-33-26)17-27(38)39/h10-12,16,18,26H,3,8-9,13-15,17,19-21H2,1-2,4-7H3,(H,38,39)/b11-10-,24-16+. The molecule has 0 aromatic carbocycles. The van der Waals surface area contributed by atoms with Gasteiger partial charge in [0.15, 0.2) is 5.01 Å². The summed E-state index contributed by atoms with van der Waals surface area (Å²) < 4.78 is 0. The average molecular weight is 580 g/mol. The van der Waals surface area contributed by atoms with Gasteiger partial charge in [0.1, 0.15) is 6.17 Å². The monoisotopic (exact) mass is 579 g/mol. The second-order valence-electron chi connectivity index (χ2n) is 12.5. The minimum atomic E-state index is -0.845. The number of nitrogens with zero attached hydrogens (tertiary/aromatic N) is 5. The van der Waals surface area contributed by atoms with Crippen LogP contribution >= 0.6 is 11.3 Å². The maximum atomic E-state index is 13.9. The highest BCUT2D eigenvalue weighted by atomic mass is 32.1. The molecule has 1 atom stereocenters. The minimum absolute atomic E-state index is 0.00256.